The molecule has 15 heavy (non-hydrogen) atoms. The van der Waals surface area contributed by atoms with Crippen molar-refractivity contribution in [2.24, 2.45) is 0 Å². The molecule has 1 heterocycles. The van der Waals surface area contributed by atoms with Gasteiger partial charge in [-0.25, -0.2) is 13.5 Å². The number of rotatable bonds is 2. The quantitative estimate of drug-likeness (QED) is 0.723. The van der Waals surface area contributed by atoms with Crippen LogP contribution in [0.4, 0.5) is 8.78 Å². The molecule has 0 saturated heterocycles. The molecular weight excluding hydrogens is 222 g/mol. The first-order chi connectivity index (χ1) is 7.20. The van der Waals surface area contributed by atoms with Crippen molar-refractivity contribution in [2.45, 2.75) is 5.88 Å². The molecule has 0 spiro atoms. The molecule has 2 nitrogen and oxygen atoms in total. The topological polar surface area (TPSA) is 17.8 Å². The molecule has 78 valence electrons. The molecule has 0 aliphatic carbocycles. The van der Waals surface area contributed by atoms with Crippen molar-refractivity contribution in [3.05, 3.63) is 47.8 Å². The van der Waals surface area contributed by atoms with Gasteiger partial charge in [0.25, 0.3) is 0 Å². The van der Waals surface area contributed by atoms with Gasteiger partial charge >= 0.3 is 0 Å². The van der Waals surface area contributed by atoms with Crippen molar-refractivity contribution in [3.63, 3.8) is 0 Å². The van der Waals surface area contributed by atoms with Crippen LogP contribution < -0.4 is 0 Å². The van der Waals surface area contributed by atoms with Crippen LogP contribution in [-0.4, -0.2) is 9.78 Å². The molecule has 0 saturated carbocycles. The molecule has 0 aliphatic rings. The number of hydrogen-bond acceptors (Lipinski definition) is 1. The molecule has 0 bridgehead atoms. The lowest BCUT2D eigenvalue weighted by Gasteiger charge is -2.02. The van der Waals surface area contributed by atoms with Gasteiger partial charge in [0, 0.05) is 12.3 Å². The first-order valence-electron chi connectivity index (χ1n) is 4.26. The highest BCUT2D eigenvalue weighted by atomic mass is 35.5. The van der Waals surface area contributed by atoms with Gasteiger partial charge in [-0.3, -0.25) is 0 Å². The van der Waals surface area contributed by atoms with Crippen LogP contribution >= 0.6 is 11.6 Å². The van der Waals surface area contributed by atoms with Gasteiger partial charge in [0.1, 0.15) is 17.3 Å². The second kappa shape index (κ2) is 3.98. The highest BCUT2D eigenvalue weighted by Crippen LogP contribution is 2.14. The molecule has 0 N–H and O–H groups in total. The molecule has 5 heteroatoms. The highest BCUT2D eigenvalue weighted by Gasteiger charge is 2.07. The number of nitrogens with zero attached hydrogens (tertiary/aromatic N) is 2. The minimum Gasteiger partial charge on any atom is -0.238 e. The molecule has 0 atom stereocenters. The average molecular weight is 229 g/mol. The van der Waals surface area contributed by atoms with E-state index in [4.69, 9.17) is 11.6 Å². The van der Waals surface area contributed by atoms with Crippen LogP contribution in [0.15, 0.2) is 30.5 Å². The lowest BCUT2D eigenvalue weighted by atomic mass is 10.3. The molecule has 0 fully saturated rings. The van der Waals surface area contributed by atoms with Crippen LogP contribution in [0.2, 0.25) is 0 Å². The predicted octanol–water partition coefficient (Wildman–Crippen LogP) is 2.89. The van der Waals surface area contributed by atoms with Gasteiger partial charge < -0.3 is 0 Å². The summed E-state index contributed by atoms with van der Waals surface area (Å²) in [4.78, 5) is 0. The summed E-state index contributed by atoms with van der Waals surface area (Å²) in [6.45, 7) is 0. The fourth-order valence-electron chi connectivity index (χ4n) is 1.23. The third-order valence-electron chi connectivity index (χ3n) is 1.94. The molecule has 1 aromatic carbocycles. The predicted molar refractivity (Wildman–Crippen MR) is 53.0 cm³/mol. The molecule has 0 radical (unpaired) electrons. The number of halogens is 3. The summed E-state index contributed by atoms with van der Waals surface area (Å²) in [7, 11) is 0. The second-order valence-electron chi connectivity index (χ2n) is 2.98. The van der Waals surface area contributed by atoms with E-state index in [2.05, 4.69) is 5.10 Å². The van der Waals surface area contributed by atoms with Gasteiger partial charge in [0.15, 0.2) is 0 Å². The SMILES string of the molecule is Fc1ccc(F)c(-n2ccc(CCl)n2)c1. The third kappa shape index (κ3) is 1.99. The summed E-state index contributed by atoms with van der Waals surface area (Å²) in [5, 5.41) is 3.98. The van der Waals surface area contributed by atoms with Gasteiger partial charge in [-0.2, -0.15) is 5.10 Å². The Morgan fingerprint density at radius 3 is 2.73 bits per heavy atom. The maximum absolute atomic E-state index is 13.3. The lowest BCUT2D eigenvalue weighted by Crippen LogP contribution is -1.99. The van der Waals surface area contributed by atoms with Gasteiger partial charge in [-0.05, 0) is 18.2 Å². The fraction of sp³-hybridized carbons (Fsp3) is 0.100. The van der Waals surface area contributed by atoms with Gasteiger partial charge in [-0.1, -0.05) is 0 Å². The molecule has 0 amide bonds. The molecule has 2 aromatic rings. The number of alkyl halides is 1. The van der Waals surface area contributed by atoms with E-state index in [9.17, 15) is 8.78 Å². The highest BCUT2D eigenvalue weighted by molar-refractivity contribution is 6.16. The van der Waals surface area contributed by atoms with E-state index in [1.165, 1.54) is 10.9 Å². The average Bonchev–Trinajstić information content (AvgIpc) is 2.70. The number of hydrogen-bond donors (Lipinski definition) is 0. The maximum atomic E-state index is 13.3. The zero-order valence-electron chi connectivity index (χ0n) is 7.62. The molecule has 1 aromatic heterocycles. The number of aromatic nitrogens is 2. The van der Waals surface area contributed by atoms with Crippen molar-refractivity contribution in [3.8, 4) is 5.69 Å². The van der Waals surface area contributed by atoms with E-state index in [1.807, 2.05) is 0 Å². The Bertz CT molecular complexity index is 482. The number of benzene rings is 1. The molecular formula is C10H7ClF2N2. The van der Waals surface area contributed by atoms with Crippen LogP contribution in [0.3, 0.4) is 0 Å². The molecule has 2 rings (SSSR count). The Labute approximate surface area is 90.1 Å². The molecule has 0 aliphatic heterocycles. The van der Waals surface area contributed by atoms with Crippen LogP contribution in [0.25, 0.3) is 5.69 Å². The first kappa shape index (κ1) is 10.1. The van der Waals surface area contributed by atoms with E-state index in [-0.39, 0.29) is 11.6 Å². The van der Waals surface area contributed by atoms with E-state index in [0.29, 0.717) is 5.69 Å². The lowest BCUT2D eigenvalue weighted by molar-refractivity contribution is 0.586. The van der Waals surface area contributed by atoms with E-state index in [0.717, 1.165) is 18.2 Å². The van der Waals surface area contributed by atoms with Crippen molar-refractivity contribution >= 4 is 11.6 Å². The zero-order valence-corrected chi connectivity index (χ0v) is 8.38. The first-order valence-corrected chi connectivity index (χ1v) is 4.80. The van der Waals surface area contributed by atoms with Crippen LogP contribution in [-0.2, 0) is 5.88 Å². The van der Waals surface area contributed by atoms with E-state index in [1.54, 1.807) is 6.07 Å². The zero-order chi connectivity index (χ0) is 10.8. The summed E-state index contributed by atoms with van der Waals surface area (Å²) >= 11 is 5.56. The largest absolute Gasteiger partial charge is 0.238 e. The van der Waals surface area contributed by atoms with E-state index >= 15 is 0 Å². The van der Waals surface area contributed by atoms with Gasteiger partial charge in [0.05, 0.1) is 11.6 Å². The maximum Gasteiger partial charge on any atom is 0.149 e. The minimum atomic E-state index is -0.527. The summed E-state index contributed by atoms with van der Waals surface area (Å²) in [6.07, 6.45) is 1.54. The third-order valence-corrected chi connectivity index (χ3v) is 2.21. The smallest absolute Gasteiger partial charge is 0.149 e. The normalized spacial score (nSPS) is 10.6. The Hall–Kier alpha value is -1.42. The summed E-state index contributed by atoms with van der Waals surface area (Å²) in [6, 6.07) is 4.86. The Kier molecular flexibility index (Phi) is 2.68. The van der Waals surface area contributed by atoms with Crippen molar-refractivity contribution in [1.29, 1.82) is 0 Å². The van der Waals surface area contributed by atoms with Crippen molar-refractivity contribution < 1.29 is 8.78 Å². The van der Waals surface area contributed by atoms with Crippen LogP contribution in [0.5, 0.6) is 0 Å². The van der Waals surface area contributed by atoms with Crippen molar-refractivity contribution in [2.75, 3.05) is 0 Å². The van der Waals surface area contributed by atoms with Gasteiger partial charge in [-0.15, -0.1) is 11.6 Å². The van der Waals surface area contributed by atoms with Gasteiger partial charge in [0.2, 0.25) is 0 Å². The Balaban J connectivity index is 2.48. The Morgan fingerprint density at radius 2 is 2.07 bits per heavy atom. The van der Waals surface area contributed by atoms with E-state index < -0.39 is 11.6 Å². The summed E-state index contributed by atoms with van der Waals surface area (Å²) in [5.41, 5.74) is 0.687. The standard InChI is InChI=1S/C10H7ClF2N2/c11-6-8-3-4-15(14-8)10-5-7(12)1-2-9(10)13/h1-5H,6H2. The van der Waals surface area contributed by atoms with Crippen molar-refractivity contribution in [1.82, 2.24) is 9.78 Å². The second-order valence-corrected chi connectivity index (χ2v) is 3.25. The van der Waals surface area contributed by atoms with Crippen LogP contribution in [0, 0.1) is 11.6 Å². The minimum absolute atomic E-state index is 0.0753. The monoisotopic (exact) mass is 228 g/mol. The molecule has 0 unspecified atom stereocenters. The summed E-state index contributed by atoms with van der Waals surface area (Å²) in [5.74, 6) is -0.792. The fourth-order valence-corrected chi connectivity index (χ4v) is 1.37. The Morgan fingerprint density at radius 1 is 1.27 bits per heavy atom. The van der Waals surface area contributed by atoms with Crippen LogP contribution in [0.1, 0.15) is 5.69 Å². The summed E-state index contributed by atoms with van der Waals surface area (Å²) < 4.78 is 27.5.